The van der Waals surface area contributed by atoms with Crippen LogP contribution in [0.5, 0.6) is 5.88 Å². The zero-order valence-electron chi connectivity index (χ0n) is 10.4. The van der Waals surface area contributed by atoms with Crippen LogP contribution in [0.3, 0.4) is 0 Å². The number of nitrogens with one attached hydrogen (secondary N) is 2. The molecule has 0 aromatic carbocycles. The third-order valence-corrected chi connectivity index (χ3v) is 3.00. The van der Waals surface area contributed by atoms with E-state index in [-0.39, 0.29) is 0 Å². The predicted octanol–water partition coefficient (Wildman–Crippen LogP) is 1.43. The third kappa shape index (κ3) is 3.30. The smallest absolute Gasteiger partial charge is 0.226 e. The molecule has 5 nitrogen and oxygen atoms in total. The molecule has 0 radical (unpaired) electrons. The first-order valence-corrected chi connectivity index (χ1v) is 6.25. The Hall–Kier alpha value is -1.36. The topological polar surface area (TPSA) is 59.1 Å². The second kappa shape index (κ2) is 5.82. The summed E-state index contributed by atoms with van der Waals surface area (Å²) in [6, 6.07) is 2.61. The van der Waals surface area contributed by atoms with Gasteiger partial charge in [0.05, 0.1) is 6.61 Å². The fourth-order valence-corrected chi connectivity index (χ4v) is 2.05. The molecule has 0 spiro atoms. The van der Waals surface area contributed by atoms with E-state index in [1.807, 2.05) is 6.92 Å². The van der Waals surface area contributed by atoms with Gasteiger partial charge < -0.3 is 15.4 Å². The Balaban J connectivity index is 1.99. The molecule has 1 aromatic rings. The molecule has 1 aliphatic rings. The minimum Gasteiger partial charge on any atom is -0.478 e. The summed E-state index contributed by atoms with van der Waals surface area (Å²) in [5.41, 5.74) is 0. The van der Waals surface area contributed by atoms with Crippen LogP contribution in [0.25, 0.3) is 0 Å². The van der Waals surface area contributed by atoms with Crippen molar-refractivity contribution in [1.82, 2.24) is 15.3 Å². The highest BCUT2D eigenvalue weighted by molar-refractivity contribution is 5.29. The van der Waals surface area contributed by atoms with E-state index in [1.54, 1.807) is 12.3 Å². The van der Waals surface area contributed by atoms with Crippen molar-refractivity contribution in [1.29, 1.82) is 0 Å². The van der Waals surface area contributed by atoms with E-state index in [1.165, 1.54) is 6.42 Å². The standard InChI is InChI=1S/C12H20N4O/c1-3-17-11-6-8-14-12(16-11)15-10-5-4-7-13-9(10)2/h6,8-10,13H,3-5,7H2,1-2H3,(H,14,15,16). The number of piperidine rings is 1. The van der Waals surface area contributed by atoms with Crippen LogP contribution < -0.4 is 15.4 Å². The average Bonchev–Trinajstić information content (AvgIpc) is 2.33. The van der Waals surface area contributed by atoms with Crippen molar-refractivity contribution in [3.8, 4) is 5.88 Å². The summed E-state index contributed by atoms with van der Waals surface area (Å²) in [7, 11) is 0. The number of hydrogen-bond donors (Lipinski definition) is 2. The Morgan fingerprint density at radius 1 is 1.59 bits per heavy atom. The number of nitrogens with zero attached hydrogens (tertiary/aromatic N) is 2. The highest BCUT2D eigenvalue weighted by Gasteiger charge is 2.21. The van der Waals surface area contributed by atoms with Crippen LogP contribution in [-0.4, -0.2) is 35.2 Å². The molecule has 0 saturated carbocycles. The summed E-state index contributed by atoms with van der Waals surface area (Å²) in [6.45, 7) is 5.85. The Bertz CT molecular complexity index is 358. The minimum atomic E-state index is 0.389. The molecule has 1 aliphatic heterocycles. The normalized spacial score (nSPS) is 24.4. The van der Waals surface area contributed by atoms with E-state index >= 15 is 0 Å². The molecule has 2 unspecified atom stereocenters. The predicted molar refractivity (Wildman–Crippen MR) is 67.3 cm³/mol. The van der Waals surface area contributed by atoms with Crippen molar-refractivity contribution in [3.05, 3.63) is 12.3 Å². The van der Waals surface area contributed by atoms with Gasteiger partial charge in [0.2, 0.25) is 11.8 Å². The molecule has 0 aliphatic carbocycles. The third-order valence-electron chi connectivity index (χ3n) is 3.00. The van der Waals surface area contributed by atoms with Crippen LogP contribution in [0.4, 0.5) is 5.95 Å². The lowest BCUT2D eigenvalue weighted by Gasteiger charge is -2.30. The van der Waals surface area contributed by atoms with Gasteiger partial charge in [-0.1, -0.05) is 0 Å². The molecule has 1 aromatic heterocycles. The van der Waals surface area contributed by atoms with E-state index < -0.39 is 0 Å². The van der Waals surface area contributed by atoms with Gasteiger partial charge >= 0.3 is 0 Å². The Labute approximate surface area is 102 Å². The van der Waals surface area contributed by atoms with Crippen molar-refractivity contribution in [2.24, 2.45) is 0 Å². The number of ether oxygens (including phenoxy) is 1. The van der Waals surface area contributed by atoms with Gasteiger partial charge in [0.25, 0.3) is 0 Å². The first-order chi connectivity index (χ1) is 8.29. The van der Waals surface area contributed by atoms with Crippen LogP contribution in [0, 0.1) is 0 Å². The Kier molecular flexibility index (Phi) is 4.14. The number of rotatable bonds is 4. The van der Waals surface area contributed by atoms with Crippen LogP contribution >= 0.6 is 0 Å². The molecule has 17 heavy (non-hydrogen) atoms. The highest BCUT2D eigenvalue weighted by atomic mass is 16.5. The average molecular weight is 236 g/mol. The van der Waals surface area contributed by atoms with Gasteiger partial charge in [0.15, 0.2) is 0 Å². The zero-order chi connectivity index (χ0) is 12.1. The summed E-state index contributed by atoms with van der Waals surface area (Å²) < 4.78 is 5.36. The van der Waals surface area contributed by atoms with Gasteiger partial charge in [0.1, 0.15) is 0 Å². The van der Waals surface area contributed by atoms with Crippen molar-refractivity contribution in [2.75, 3.05) is 18.5 Å². The van der Waals surface area contributed by atoms with Gasteiger partial charge in [-0.05, 0) is 33.2 Å². The molecular formula is C12H20N4O. The summed E-state index contributed by atoms with van der Waals surface area (Å²) in [4.78, 5) is 8.54. The quantitative estimate of drug-likeness (QED) is 0.828. The van der Waals surface area contributed by atoms with Crippen molar-refractivity contribution < 1.29 is 4.74 Å². The number of aromatic nitrogens is 2. The summed E-state index contributed by atoms with van der Waals surface area (Å²) in [5.74, 6) is 1.28. The minimum absolute atomic E-state index is 0.389. The fourth-order valence-electron chi connectivity index (χ4n) is 2.05. The van der Waals surface area contributed by atoms with Crippen molar-refractivity contribution >= 4 is 5.95 Å². The first-order valence-electron chi connectivity index (χ1n) is 6.25. The van der Waals surface area contributed by atoms with Gasteiger partial charge in [-0.3, -0.25) is 0 Å². The Morgan fingerprint density at radius 2 is 2.47 bits per heavy atom. The zero-order valence-corrected chi connectivity index (χ0v) is 10.4. The molecule has 5 heteroatoms. The molecule has 2 N–H and O–H groups in total. The van der Waals surface area contributed by atoms with E-state index in [0.29, 0.717) is 30.5 Å². The monoisotopic (exact) mass is 236 g/mol. The maximum absolute atomic E-state index is 5.36. The van der Waals surface area contributed by atoms with Gasteiger partial charge in [0, 0.05) is 24.3 Å². The van der Waals surface area contributed by atoms with Gasteiger partial charge in [-0.2, -0.15) is 4.98 Å². The molecule has 0 amide bonds. The maximum atomic E-state index is 5.36. The maximum Gasteiger partial charge on any atom is 0.226 e. The molecule has 94 valence electrons. The molecule has 2 heterocycles. The number of hydrogen-bond acceptors (Lipinski definition) is 5. The van der Waals surface area contributed by atoms with Crippen LogP contribution in [0.15, 0.2) is 12.3 Å². The van der Waals surface area contributed by atoms with Crippen molar-refractivity contribution in [2.45, 2.75) is 38.8 Å². The molecule has 0 bridgehead atoms. The second-order valence-corrected chi connectivity index (χ2v) is 4.29. The summed E-state index contributed by atoms with van der Waals surface area (Å²) in [5, 5.41) is 6.81. The molecule has 2 atom stereocenters. The first kappa shape index (κ1) is 12.1. The van der Waals surface area contributed by atoms with E-state index in [9.17, 15) is 0 Å². The van der Waals surface area contributed by atoms with E-state index in [2.05, 4.69) is 27.5 Å². The largest absolute Gasteiger partial charge is 0.478 e. The van der Waals surface area contributed by atoms with Gasteiger partial charge in [-0.15, -0.1) is 0 Å². The molecule has 2 rings (SSSR count). The summed E-state index contributed by atoms with van der Waals surface area (Å²) in [6.07, 6.45) is 4.06. The second-order valence-electron chi connectivity index (χ2n) is 4.29. The Morgan fingerprint density at radius 3 is 3.24 bits per heavy atom. The lowest BCUT2D eigenvalue weighted by molar-refractivity contribution is 0.326. The summed E-state index contributed by atoms with van der Waals surface area (Å²) >= 11 is 0. The van der Waals surface area contributed by atoms with Crippen LogP contribution in [-0.2, 0) is 0 Å². The van der Waals surface area contributed by atoms with Crippen molar-refractivity contribution in [3.63, 3.8) is 0 Å². The lowest BCUT2D eigenvalue weighted by Crippen LogP contribution is -2.46. The van der Waals surface area contributed by atoms with Gasteiger partial charge in [-0.25, -0.2) is 4.98 Å². The molecule has 1 fully saturated rings. The molecular weight excluding hydrogens is 216 g/mol. The van der Waals surface area contributed by atoms with Crippen LogP contribution in [0.1, 0.15) is 26.7 Å². The van der Waals surface area contributed by atoms with E-state index in [0.717, 1.165) is 13.0 Å². The molecule has 1 saturated heterocycles. The highest BCUT2D eigenvalue weighted by Crippen LogP contribution is 2.14. The number of anilines is 1. The fraction of sp³-hybridized carbons (Fsp3) is 0.667. The SMILES string of the molecule is CCOc1ccnc(NC2CCCNC2C)n1. The lowest BCUT2D eigenvalue weighted by atomic mass is 10.0. The van der Waals surface area contributed by atoms with E-state index in [4.69, 9.17) is 4.74 Å². The van der Waals surface area contributed by atoms with Crippen LogP contribution in [0.2, 0.25) is 0 Å².